The zero-order valence-corrected chi connectivity index (χ0v) is 9.40. The minimum absolute atomic E-state index is 0.198. The molecule has 0 unspecified atom stereocenters. The van der Waals surface area contributed by atoms with Gasteiger partial charge in [0.25, 0.3) is 5.91 Å². The van der Waals surface area contributed by atoms with Gasteiger partial charge in [0, 0.05) is 6.54 Å². The van der Waals surface area contributed by atoms with Crippen molar-refractivity contribution in [2.75, 3.05) is 6.54 Å². The highest BCUT2D eigenvalue weighted by Gasteiger charge is 2.36. The van der Waals surface area contributed by atoms with Crippen LogP contribution in [0.5, 0.6) is 0 Å². The molecule has 1 aliphatic rings. The van der Waals surface area contributed by atoms with Crippen molar-refractivity contribution in [1.82, 2.24) is 4.90 Å². The first kappa shape index (κ1) is 12.5. The van der Waals surface area contributed by atoms with Crippen molar-refractivity contribution < 1.29 is 23.5 Å². The Bertz CT molecular complexity index is 484. The maximum Gasteiger partial charge on any atom is 0.326 e. The molecule has 1 atom stereocenters. The van der Waals surface area contributed by atoms with E-state index in [4.69, 9.17) is 5.11 Å². The highest BCUT2D eigenvalue weighted by atomic mass is 19.1. The second-order valence-electron chi connectivity index (χ2n) is 4.09. The first-order chi connectivity index (χ1) is 8.52. The molecule has 1 amide bonds. The zero-order valence-electron chi connectivity index (χ0n) is 9.40. The fourth-order valence-electron chi connectivity index (χ4n) is 2.11. The SMILES string of the molecule is O=C(O)[C@@H]1CCCN1C(=O)c1c(F)cccc1F. The van der Waals surface area contributed by atoms with Crippen molar-refractivity contribution in [3.8, 4) is 0 Å². The summed E-state index contributed by atoms with van der Waals surface area (Å²) in [5.74, 6) is -4.01. The number of hydrogen-bond acceptors (Lipinski definition) is 2. The van der Waals surface area contributed by atoms with Crippen LogP contribution >= 0.6 is 0 Å². The van der Waals surface area contributed by atoms with Crippen LogP contribution < -0.4 is 0 Å². The molecule has 4 nitrogen and oxygen atoms in total. The number of carboxylic acid groups (broad SMARTS) is 1. The highest BCUT2D eigenvalue weighted by Crippen LogP contribution is 2.22. The van der Waals surface area contributed by atoms with E-state index in [-0.39, 0.29) is 6.54 Å². The molecular formula is C12H11F2NO3. The third kappa shape index (κ3) is 2.05. The Morgan fingerprint density at radius 1 is 1.28 bits per heavy atom. The predicted molar refractivity (Wildman–Crippen MR) is 58.1 cm³/mol. The molecule has 0 saturated carbocycles. The smallest absolute Gasteiger partial charge is 0.326 e. The predicted octanol–water partition coefficient (Wildman–Crippen LogP) is 1.65. The molecule has 6 heteroatoms. The molecular weight excluding hydrogens is 244 g/mol. The maximum atomic E-state index is 13.4. The van der Waals surface area contributed by atoms with Crippen LogP contribution in [0, 0.1) is 11.6 Å². The van der Waals surface area contributed by atoms with Crippen LogP contribution in [0.3, 0.4) is 0 Å². The van der Waals surface area contributed by atoms with Crippen molar-refractivity contribution >= 4 is 11.9 Å². The number of carboxylic acids is 1. The molecule has 18 heavy (non-hydrogen) atoms. The number of carbonyl (C=O) groups is 2. The quantitative estimate of drug-likeness (QED) is 0.874. The summed E-state index contributed by atoms with van der Waals surface area (Å²) in [5.41, 5.74) is -0.689. The standard InChI is InChI=1S/C12H11F2NO3/c13-7-3-1-4-8(14)10(7)11(16)15-6-2-5-9(15)12(17)18/h1,3-4,9H,2,5-6H2,(H,17,18)/t9-/m0/s1. The number of likely N-dealkylation sites (tertiary alicyclic amines) is 1. The Kier molecular flexibility index (Phi) is 3.27. The van der Waals surface area contributed by atoms with E-state index in [1.165, 1.54) is 0 Å². The minimum atomic E-state index is -1.16. The van der Waals surface area contributed by atoms with E-state index in [2.05, 4.69) is 0 Å². The number of aliphatic carboxylic acids is 1. The van der Waals surface area contributed by atoms with Crippen LogP contribution in [0.2, 0.25) is 0 Å². The van der Waals surface area contributed by atoms with Crippen LogP contribution in [-0.4, -0.2) is 34.5 Å². The Morgan fingerprint density at radius 2 is 1.89 bits per heavy atom. The number of hydrogen-bond donors (Lipinski definition) is 1. The Hall–Kier alpha value is -1.98. The fourth-order valence-corrected chi connectivity index (χ4v) is 2.11. The highest BCUT2D eigenvalue weighted by molar-refractivity contribution is 5.97. The number of halogens is 2. The monoisotopic (exact) mass is 255 g/mol. The van der Waals surface area contributed by atoms with Gasteiger partial charge in [-0.05, 0) is 25.0 Å². The summed E-state index contributed by atoms with van der Waals surface area (Å²) in [4.78, 5) is 23.9. The van der Waals surface area contributed by atoms with Crippen molar-refractivity contribution in [2.45, 2.75) is 18.9 Å². The number of benzene rings is 1. The Labute approximate surface area is 102 Å². The molecule has 1 aliphatic heterocycles. The van der Waals surface area contributed by atoms with Crippen LogP contribution in [0.4, 0.5) is 8.78 Å². The van der Waals surface area contributed by atoms with Gasteiger partial charge in [0.05, 0.1) is 0 Å². The largest absolute Gasteiger partial charge is 0.480 e. The molecule has 1 aromatic rings. The molecule has 1 heterocycles. The zero-order chi connectivity index (χ0) is 13.3. The van der Waals surface area contributed by atoms with Crippen molar-refractivity contribution in [2.24, 2.45) is 0 Å². The van der Waals surface area contributed by atoms with Gasteiger partial charge in [-0.25, -0.2) is 13.6 Å². The number of nitrogens with zero attached hydrogens (tertiary/aromatic N) is 1. The van der Waals surface area contributed by atoms with Gasteiger partial charge < -0.3 is 10.0 Å². The molecule has 1 fully saturated rings. The van der Waals surface area contributed by atoms with Gasteiger partial charge >= 0.3 is 5.97 Å². The van der Waals surface area contributed by atoms with Gasteiger partial charge in [0.15, 0.2) is 0 Å². The van der Waals surface area contributed by atoms with Gasteiger partial charge in [0.2, 0.25) is 0 Å². The van der Waals surface area contributed by atoms with E-state index >= 15 is 0 Å². The number of rotatable bonds is 2. The van der Waals surface area contributed by atoms with E-state index in [1.54, 1.807) is 0 Å². The van der Waals surface area contributed by atoms with Crippen molar-refractivity contribution in [3.63, 3.8) is 0 Å². The van der Waals surface area contributed by atoms with Gasteiger partial charge in [-0.2, -0.15) is 0 Å². The van der Waals surface area contributed by atoms with E-state index in [9.17, 15) is 18.4 Å². The molecule has 0 radical (unpaired) electrons. The summed E-state index contributed by atoms with van der Waals surface area (Å²) in [5, 5.41) is 8.94. The molecule has 1 aromatic carbocycles. The van der Waals surface area contributed by atoms with Crippen molar-refractivity contribution in [3.05, 3.63) is 35.4 Å². The van der Waals surface area contributed by atoms with E-state index in [0.29, 0.717) is 12.8 Å². The van der Waals surface area contributed by atoms with Gasteiger partial charge in [-0.1, -0.05) is 6.07 Å². The van der Waals surface area contributed by atoms with E-state index in [0.717, 1.165) is 23.1 Å². The summed E-state index contributed by atoms with van der Waals surface area (Å²) >= 11 is 0. The summed E-state index contributed by atoms with van der Waals surface area (Å²) in [6.45, 7) is 0.198. The van der Waals surface area contributed by atoms with Crippen molar-refractivity contribution in [1.29, 1.82) is 0 Å². The summed E-state index contributed by atoms with van der Waals surface area (Å²) < 4.78 is 26.9. The Balaban J connectivity index is 2.34. The second-order valence-corrected chi connectivity index (χ2v) is 4.09. The average molecular weight is 255 g/mol. The van der Waals surface area contributed by atoms with Crippen LogP contribution in [-0.2, 0) is 4.79 Å². The van der Waals surface area contributed by atoms with Crippen LogP contribution in [0.15, 0.2) is 18.2 Å². The lowest BCUT2D eigenvalue weighted by molar-refractivity contribution is -0.141. The van der Waals surface area contributed by atoms with Crippen LogP contribution in [0.25, 0.3) is 0 Å². The topological polar surface area (TPSA) is 57.6 Å². The normalized spacial score (nSPS) is 19.0. The molecule has 1 N–H and O–H groups in total. The molecule has 0 spiro atoms. The van der Waals surface area contributed by atoms with E-state index in [1.807, 2.05) is 0 Å². The molecule has 2 rings (SSSR count). The molecule has 0 aliphatic carbocycles. The molecule has 0 aromatic heterocycles. The van der Waals surface area contributed by atoms with E-state index < -0.39 is 35.1 Å². The molecule has 0 bridgehead atoms. The molecule has 1 saturated heterocycles. The minimum Gasteiger partial charge on any atom is -0.480 e. The third-order valence-corrected chi connectivity index (χ3v) is 2.98. The summed E-state index contributed by atoms with van der Waals surface area (Å²) in [6.07, 6.45) is 0.815. The van der Waals surface area contributed by atoms with Gasteiger partial charge in [-0.3, -0.25) is 4.79 Å². The third-order valence-electron chi connectivity index (χ3n) is 2.98. The lowest BCUT2D eigenvalue weighted by Crippen LogP contribution is -2.41. The molecule has 96 valence electrons. The first-order valence-corrected chi connectivity index (χ1v) is 5.50. The number of carbonyl (C=O) groups excluding carboxylic acids is 1. The van der Waals surface area contributed by atoms with Crippen LogP contribution in [0.1, 0.15) is 23.2 Å². The lowest BCUT2D eigenvalue weighted by atomic mass is 10.1. The Morgan fingerprint density at radius 3 is 2.44 bits per heavy atom. The number of amides is 1. The second kappa shape index (κ2) is 4.72. The summed E-state index contributed by atoms with van der Waals surface area (Å²) in [7, 11) is 0. The fraction of sp³-hybridized carbons (Fsp3) is 0.333. The summed E-state index contributed by atoms with van der Waals surface area (Å²) in [6, 6.07) is 2.10. The lowest BCUT2D eigenvalue weighted by Gasteiger charge is -2.21. The average Bonchev–Trinajstić information content (AvgIpc) is 2.77. The van der Waals surface area contributed by atoms with Gasteiger partial charge in [0.1, 0.15) is 23.2 Å². The first-order valence-electron chi connectivity index (χ1n) is 5.50. The van der Waals surface area contributed by atoms with Gasteiger partial charge in [-0.15, -0.1) is 0 Å². The maximum absolute atomic E-state index is 13.4.